The molecule has 7 heteroatoms. The fraction of sp³-hybridized carbons (Fsp3) is 0.357. The van der Waals surface area contributed by atoms with Gasteiger partial charge in [-0.1, -0.05) is 6.08 Å². The Balaban J connectivity index is 2.21. The first-order valence-corrected chi connectivity index (χ1v) is 6.45. The number of nitrogens with one attached hydrogen (secondary N) is 1. The summed E-state index contributed by atoms with van der Waals surface area (Å²) < 4.78 is 7.01. The molecule has 0 fully saturated rings. The van der Waals surface area contributed by atoms with Crippen LogP contribution in [0, 0.1) is 0 Å². The molecule has 1 aromatic rings. The number of carbonyl (C=O) groups excluding carboxylic acids is 1. The molecular formula is C14H17N3O4. The summed E-state index contributed by atoms with van der Waals surface area (Å²) in [5.74, 6) is -0.118. The van der Waals surface area contributed by atoms with E-state index in [0.29, 0.717) is 6.42 Å². The lowest BCUT2D eigenvalue weighted by Gasteiger charge is -2.26. The van der Waals surface area contributed by atoms with Crippen LogP contribution in [0.2, 0.25) is 0 Å². The summed E-state index contributed by atoms with van der Waals surface area (Å²) in [5, 5.41) is 11.9. The molecule has 1 amide bonds. The molecule has 2 N–H and O–H groups in total. The van der Waals surface area contributed by atoms with E-state index in [0.717, 1.165) is 0 Å². The highest BCUT2D eigenvalue weighted by Gasteiger charge is 2.35. The van der Waals surface area contributed by atoms with Gasteiger partial charge in [0, 0.05) is 19.5 Å². The zero-order valence-corrected chi connectivity index (χ0v) is 11.7. The highest BCUT2D eigenvalue weighted by atomic mass is 16.5. The molecular weight excluding hydrogens is 274 g/mol. The van der Waals surface area contributed by atoms with Crippen molar-refractivity contribution >= 4 is 11.7 Å². The van der Waals surface area contributed by atoms with Gasteiger partial charge in [0.25, 0.3) is 0 Å². The summed E-state index contributed by atoms with van der Waals surface area (Å²) in [6, 6.07) is 1.51. The van der Waals surface area contributed by atoms with Crippen LogP contribution in [0.4, 0.5) is 5.82 Å². The zero-order chi connectivity index (χ0) is 15.5. The first-order valence-electron chi connectivity index (χ1n) is 6.45. The molecule has 7 nitrogen and oxygen atoms in total. The molecule has 0 spiro atoms. The average Bonchev–Trinajstić information content (AvgIpc) is 2.83. The molecule has 0 bridgehead atoms. The Hall–Kier alpha value is -2.25. The van der Waals surface area contributed by atoms with Crippen molar-refractivity contribution in [1.82, 2.24) is 9.55 Å². The third-order valence-corrected chi connectivity index (χ3v) is 3.09. The Morgan fingerprint density at radius 3 is 3.05 bits per heavy atom. The number of aliphatic hydroxyl groups is 1. The lowest BCUT2D eigenvalue weighted by atomic mass is 10.0. The molecule has 0 saturated heterocycles. The summed E-state index contributed by atoms with van der Waals surface area (Å²) >= 11 is 0. The van der Waals surface area contributed by atoms with Crippen LogP contribution in [-0.4, -0.2) is 32.8 Å². The molecule has 21 heavy (non-hydrogen) atoms. The number of ether oxygens (including phenoxy) is 1. The number of aromatic nitrogens is 2. The van der Waals surface area contributed by atoms with Gasteiger partial charge in [0.1, 0.15) is 11.4 Å². The molecule has 0 aliphatic carbocycles. The molecule has 112 valence electrons. The van der Waals surface area contributed by atoms with Crippen molar-refractivity contribution in [2.24, 2.45) is 0 Å². The van der Waals surface area contributed by atoms with Gasteiger partial charge in [0.15, 0.2) is 6.23 Å². The SMILES string of the molecule is C=CC[C@]1(CO)C=C[C@H](n2ccc(NC(C)=O)nc2=O)O1. The van der Waals surface area contributed by atoms with Gasteiger partial charge in [-0.15, -0.1) is 6.58 Å². The van der Waals surface area contributed by atoms with Crippen molar-refractivity contribution in [1.29, 1.82) is 0 Å². The summed E-state index contributed by atoms with van der Waals surface area (Å²) in [4.78, 5) is 26.7. The molecule has 1 aliphatic heterocycles. The van der Waals surface area contributed by atoms with Gasteiger partial charge in [-0.3, -0.25) is 9.36 Å². The Labute approximate surface area is 121 Å². The third kappa shape index (κ3) is 3.26. The van der Waals surface area contributed by atoms with Crippen LogP contribution in [-0.2, 0) is 9.53 Å². The van der Waals surface area contributed by atoms with Gasteiger partial charge in [-0.2, -0.15) is 4.98 Å². The number of rotatable bonds is 5. The molecule has 1 aliphatic rings. The van der Waals surface area contributed by atoms with E-state index >= 15 is 0 Å². The molecule has 2 atom stereocenters. The van der Waals surface area contributed by atoms with E-state index < -0.39 is 17.5 Å². The summed E-state index contributed by atoms with van der Waals surface area (Å²) in [5.41, 5.74) is -1.41. The van der Waals surface area contributed by atoms with E-state index in [1.54, 1.807) is 18.2 Å². The van der Waals surface area contributed by atoms with Gasteiger partial charge in [-0.05, 0) is 18.2 Å². The molecule has 0 radical (unpaired) electrons. The van der Waals surface area contributed by atoms with Crippen molar-refractivity contribution in [2.75, 3.05) is 11.9 Å². The topological polar surface area (TPSA) is 93.5 Å². The molecule has 2 heterocycles. The second kappa shape index (κ2) is 6.02. The number of anilines is 1. The van der Waals surface area contributed by atoms with E-state index in [4.69, 9.17) is 4.74 Å². The van der Waals surface area contributed by atoms with E-state index in [-0.39, 0.29) is 18.3 Å². The minimum Gasteiger partial charge on any atom is -0.393 e. The van der Waals surface area contributed by atoms with Crippen molar-refractivity contribution < 1.29 is 14.6 Å². The second-order valence-electron chi connectivity index (χ2n) is 4.77. The second-order valence-corrected chi connectivity index (χ2v) is 4.77. The Morgan fingerprint density at radius 1 is 1.71 bits per heavy atom. The largest absolute Gasteiger partial charge is 0.393 e. The summed E-state index contributed by atoms with van der Waals surface area (Å²) in [6.07, 6.45) is 6.31. The van der Waals surface area contributed by atoms with E-state index in [2.05, 4.69) is 16.9 Å². The van der Waals surface area contributed by atoms with Crippen LogP contribution in [0.5, 0.6) is 0 Å². The number of carbonyl (C=O) groups is 1. The van der Waals surface area contributed by atoms with E-state index in [1.165, 1.54) is 23.8 Å². The molecule has 2 rings (SSSR count). The van der Waals surface area contributed by atoms with Crippen molar-refractivity contribution in [3.05, 3.63) is 47.6 Å². The van der Waals surface area contributed by atoms with E-state index in [1.807, 2.05) is 0 Å². The van der Waals surface area contributed by atoms with E-state index in [9.17, 15) is 14.7 Å². The van der Waals surface area contributed by atoms with Crippen molar-refractivity contribution in [2.45, 2.75) is 25.2 Å². The molecule has 0 unspecified atom stereocenters. The summed E-state index contributed by atoms with van der Waals surface area (Å²) in [7, 11) is 0. The Kier molecular flexibility index (Phi) is 4.35. The predicted molar refractivity (Wildman–Crippen MR) is 76.7 cm³/mol. The Bertz CT molecular complexity index is 637. The molecule has 0 aromatic carbocycles. The number of hydrogen-bond acceptors (Lipinski definition) is 5. The fourth-order valence-corrected chi connectivity index (χ4v) is 2.10. The van der Waals surface area contributed by atoms with Crippen LogP contribution in [0.1, 0.15) is 19.6 Å². The van der Waals surface area contributed by atoms with Gasteiger partial charge in [0.05, 0.1) is 6.61 Å². The monoisotopic (exact) mass is 291 g/mol. The smallest absolute Gasteiger partial charge is 0.351 e. The predicted octanol–water partition coefficient (Wildman–Crippen LogP) is 0.594. The van der Waals surface area contributed by atoms with Crippen LogP contribution in [0.3, 0.4) is 0 Å². The maximum absolute atomic E-state index is 12.0. The number of amides is 1. The highest BCUT2D eigenvalue weighted by Crippen LogP contribution is 2.31. The van der Waals surface area contributed by atoms with Crippen LogP contribution in [0.25, 0.3) is 0 Å². The number of aliphatic hydroxyl groups excluding tert-OH is 1. The normalized spacial score (nSPS) is 24.0. The first-order chi connectivity index (χ1) is 9.99. The number of nitrogens with zero attached hydrogens (tertiary/aromatic N) is 2. The van der Waals surface area contributed by atoms with Crippen LogP contribution in [0.15, 0.2) is 41.9 Å². The lowest BCUT2D eigenvalue weighted by molar-refractivity contribution is -0.114. The first kappa shape index (κ1) is 15.1. The van der Waals surface area contributed by atoms with Crippen LogP contribution >= 0.6 is 0 Å². The maximum atomic E-state index is 12.0. The third-order valence-electron chi connectivity index (χ3n) is 3.09. The number of hydrogen-bond donors (Lipinski definition) is 2. The van der Waals surface area contributed by atoms with Gasteiger partial charge in [0.2, 0.25) is 5.91 Å². The van der Waals surface area contributed by atoms with Gasteiger partial charge < -0.3 is 15.2 Å². The molecule has 1 aromatic heterocycles. The minimum atomic E-state index is -0.859. The van der Waals surface area contributed by atoms with Crippen molar-refractivity contribution in [3.8, 4) is 0 Å². The zero-order valence-electron chi connectivity index (χ0n) is 11.7. The Morgan fingerprint density at radius 2 is 2.48 bits per heavy atom. The van der Waals surface area contributed by atoms with Gasteiger partial charge in [-0.25, -0.2) is 4.79 Å². The average molecular weight is 291 g/mol. The maximum Gasteiger partial charge on any atom is 0.351 e. The lowest BCUT2D eigenvalue weighted by Crippen LogP contribution is -2.35. The summed E-state index contributed by atoms with van der Waals surface area (Å²) in [6.45, 7) is 4.75. The quantitative estimate of drug-likeness (QED) is 0.775. The highest BCUT2D eigenvalue weighted by molar-refractivity contribution is 5.87. The minimum absolute atomic E-state index is 0.185. The standard InChI is InChI=1S/C14H17N3O4/c1-3-6-14(9-18)7-4-12(21-14)17-8-5-11(15-10(2)19)16-13(17)20/h3-5,7-8,12,18H,1,6,9H2,2H3,(H,15,16,19,20)/t12-,14-/m1/s1. The van der Waals surface area contributed by atoms with Crippen LogP contribution < -0.4 is 11.0 Å². The fourth-order valence-electron chi connectivity index (χ4n) is 2.10. The van der Waals surface area contributed by atoms with Gasteiger partial charge >= 0.3 is 5.69 Å². The molecule has 0 saturated carbocycles. The van der Waals surface area contributed by atoms with Crippen molar-refractivity contribution in [3.63, 3.8) is 0 Å².